The lowest BCUT2D eigenvalue weighted by Crippen LogP contribution is -2.02. The smallest absolute Gasteiger partial charge is 0.163 e. The van der Waals surface area contributed by atoms with Crippen molar-refractivity contribution in [2.24, 2.45) is 0 Å². The van der Waals surface area contributed by atoms with Gasteiger partial charge in [-0.3, -0.25) is 9.59 Å². The summed E-state index contributed by atoms with van der Waals surface area (Å²) in [6.07, 6.45) is 5.28. The van der Waals surface area contributed by atoms with E-state index in [1.54, 1.807) is 12.1 Å². The van der Waals surface area contributed by atoms with E-state index < -0.39 is 0 Å². The Bertz CT molecular complexity index is 884. The van der Waals surface area contributed by atoms with Crippen molar-refractivity contribution in [3.63, 3.8) is 0 Å². The predicted molar refractivity (Wildman–Crippen MR) is 100 cm³/mol. The zero-order chi connectivity index (χ0) is 19.1. The minimum absolute atomic E-state index is 0.0310. The lowest BCUT2D eigenvalue weighted by molar-refractivity contribution is -0.121. The molecule has 0 radical (unpaired) electrons. The molecule has 0 aromatic heterocycles. The second kappa shape index (κ2) is 8.87. The second-order valence-corrected chi connectivity index (χ2v) is 5.82. The Morgan fingerprint density at radius 2 is 1.50 bits per heavy atom. The van der Waals surface area contributed by atoms with Crippen molar-refractivity contribution in [1.82, 2.24) is 0 Å². The van der Waals surface area contributed by atoms with E-state index in [1.807, 2.05) is 0 Å². The molecule has 6 heteroatoms. The summed E-state index contributed by atoms with van der Waals surface area (Å²) in [6, 6.07) is 8.90. The zero-order valence-electron chi connectivity index (χ0n) is 14.0. The van der Waals surface area contributed by atoms with Gasteiger partial charge in [0.25, 0.3) is 0 Å². The Morgan fingerprint density at radius 3 is 2.08 bits per heavy atom. The SMILES string of the molecule is COc1cc(O)ccc1C=CC(=O)CC(=O)C=Cc1ccc(O)cc1Cl. The van der Waals surface area contributed by atoms with Crippen molar-refractivity contribution in [2.75, 3.05) is 7.11 Å². The van der Waals surface area contributed by atoms with E-state index in [0.29, 0.717) is 21.9 Å². The summed E-state index contributed by atoms with van der Waals surface area (Å²) >= 11 is 5.95. The van der Waals surface area contributed by atoms with Gasteiger partial charge in [0.05, 0.1) is 18.6 Å². The second-order valence-electron chi connectivity index (χ2n) is 5.41. The summed E-state index contributed by atoms with van der Waals surface area (Å²) in [4.78, 5) is 23.8. The van der Waals surface area contributed by atoms with E-state index in [9.17, 15) is 19.8 Å². The number of carbonyl (C=O) groups is 2. The van der Waals surface area contributed by atoms with Crippen molar-refractivity contribution in [3.8, 4) is 17.2 Å². The van der Waals surface area contributed by atoms with Crippen LogP contribution in [0.5, 0.6) is 17.2 Å². The van der Waals surface area contributed by atoms with Crippen molar-refractivity contribution in [1.29, 1.82) is 0 Å². The highest BCUT2D eigenvalue weighted by atomic mass is 35.5. The topological polar surface area (TPSA) is 83.8 Å². The average Bonchev–Trinajstić information content (AvgIpc) is 2.59. The number of halogens is 1. The first-order valence-electron chi connectivity index (χ1n) is 7.66. The molecule has 0 heterocycles. The Morgan fingerprint density at radius 1 is 0.962 bits per heavy atom. The monoisotopic (exact) mass is 372 g/mol. The molecule has 0 bridgehead atoms. The van der Waals surface area contributed by atoms with Gasteiger partial charge in [-0.25, -0.2) is 0 Å². The molecule has 0 spiro atoms. The van der Waals surface area contributed by atoms with E-state index in [1.165, 1.54) is 55.7 Å². The van der Waals surface area contributed by atoms with Gasteiger partial charge in [-0.1, -0.05) is 11.6 Å². The molecule has 2 aromatic carbocycles. The Labute approximate surface area is 155 Å². The van der Waals surface area contributed by atoms with Crippen LogP contribution in [0, 0.1) is 0 Å². The lowest BCUT2D eigenvalue weighted by Gasteiger charge is -2.04. The number of methoxy groups -OCH3 is 1. The molecule has 0 saturated carbocycles. The fourth-order valence-corrected chi connectivity index (χ4v) is 2.38. The normalized spacial score (nSPS) is 11.2. The number of ether oxygens (including phenoxy) is 1. The molecular weight excluding hydrogens is 356 g/mol. The standard InChI is InChI=1S/C20H17ClO5/c1-26-20-12-18(25)9-5-14(20)4-8-16(23)10-15(22)6-2-13-3-7-17(24)11-19(13)21/h2-9,11-12,24-25H,10H2,1H3. The molecule has 0 atom stereocenters. The van der Waals surface area contributed by atoms with Gasteiger partial charge in [-0.15, -0.1) is 0 Å². The molecule has 26 heavy (non-hydrogen) atoms. The van der Waals surface area contributed by atoms with E-state index in [0.717, 1.165) is 0 Å². The highest BCUT2D eigenvalue weighted by Gasteiger charge is 2.06. The van der Waals surface area contributed by atoms with E-state index in [2.05, 4.69) is 0 Å². The molecule has 0 amide bonds. The average molecular weight is 373 g/mol. The summed E-state index contributed by atoms with van der Waals surface area (Å²) < 4.78 is 5.12. The Balaban J connectivity index is 1.99. The summed E-state index contributed by atoms with van der Waals surface area (Å²) in [7, 11) is 1.46. The van der Waals surface area contributed by atoms with Crippen LogP contribution in [-0.4, -0.2) is 28.9 Å². The van der Waals surface area contributed by atoms with Crippen LogP contribution in [0.2, 0.25) is 5.02 Å². The number of phenols is 2. The molecule has 0 aliphatic carbocycles. The number of hydrogen-bond donors (Lipinski definition) is 2. The van der Waals surface area contributed by atoms with Crippen LogP contribution in [0.15, 0.2) is 48.6 Å². The Kier molecular flexibility index (Phi) is 6.58. The summed E-state index contributed by atoms with van der Waals surface area (Å²) in [5.74, 6) is -0.239. The Hall–Kier alpha value is -3.05. The van der Waals surface area contributed by atoms with Crippen LogP contribution in [0.1, 0.15) is 17.5 Å². The largest absolute Gasteiger partial charge is 0.508 e. The van der Waals surface area contributed by atoms with Gasteiger partial charge < -0.3 is 14.9 Å². The number of phenolic OH excluding ortho intramolecular Hbond substituents is 2. The van der Waals surface area contributed by atoms with Gasteiger partial charge in [0.15, 0.2) is 11.6 Å². The molecule has 134 valence electrons. The maximum atomic E-state index is 11.9. The third-order valence-electron chi connectivity index (χ3n) is 3.45. The van der Waals surface area contributed by atoms with Crippen LogP contribution in [-0.2, 0) is 9.59 Å². The number of benzene rings is 2. The highest BCUT2D eigenvalue weighted by molar-refractivity contribution is 6.32. The fraction of sp³-hybridized carbons (Fsp3) is 0.100. The third kappa shape index (κ3) is 5.50. The number of allylic oxidation sites excluding steroid dienone is 2. The van der Waals surface area contributed by atoms with Crippen molar-refractivity contribution >= 4 is 35.3 Å². The van der Waals surface area contributed by atoms with Crippen LogP contribution < -0.4 is 4.74 Å². The molecule has 2 N–H and O–H groups in total. The molecule has 0 aliphatic rings. The molecule has 0 fully saturated rings. The number of carbonyl (C=O) groups excluding carboxylic acids is 2. The quantitative estimate of drug-likeness (QED) is 0.566. The first-order valence-corrected chi connectivity index (χ1v) is 8.04. The maximum Gasteiger partial charge on any atom is 0.163 e. The van der Waals surface area contributed by atoms with Gasteiger partial charge >= 0.3 is 0 Å². The van der Waals surface area contributed by atoms with Crippen molar-refractivity contribution < 1.29 is 24.5 Å². The van der Waals surface area contributed by atoms with Gasteiger partial charge in [0.1, 0.15) is 17.2 Å². The van der Waals surface area contributed by atoms with Crippen LogP contribution >= 0.6 is 11.6 Å². The first kappa shape index (κ1) is 19.3. The fourth-order valence-electron chi connectivity index (χ4n) is 2.14. The minimum Gasteiger partial charge on any atom is -0.508 e. The first-order chi connectivity index (χ1) is 12.4. The lowest BCUT2D eigenvalue weighted by atomic mass is 10.1. The van der Waals surface area contributed by atoms with Crippen LogP contribution in [0.25, 0.3) is 12.2 Å². The minimum atomic E-state index is -0.374. The molecule has 0 unspecified atom stereocenters. The number of rotatable bonds is 7. The molecule has 2 rings (SSSR count). The molecule has 0 aliphatic heterocycles. The van der Waals surface area contributed by atoms with Gasteiger partial charge in [0, 0.05) is 11.6 Å². The van der Waals surface area contributed by atoms with E-state index >= 15 is 0 Å². The van der Waals surface area contributed by atoms with E-state index in [4.69, 9.17) is 16.3 Å². The van der Waals surface area contributed by atoms with Gasteiger partial charge in [-0.05, 0) is 60.2 Å². The maximum absolute atomic E-state index is 11.9. The predicted octanol–water partition coefficient (Wildman–Crippen LogP) is 4.01. The summed E-state index contributed by atoms with van der Waals surface area (Å²) in [6.45, 7) is 0. The van der Waals surface area contributed by atoms with Crippen molar-refractivity contribution in [2.45, 2.75) is 6.42 Å². The molecule has 5 nitrogen and oxygen atoms in total. The summed E-state index contributed by atoms with van der Waals surface area (Å²) in [5.41, 5.74) is 1.17. The van der Waals surface area contributed by atoms with Crippen LogP contribution in [0.4, 0.5) is 0 Å². The van der Waals surface area contributed by atoms with E-state index in [-0.39, 0.29) is 29.5 Å². The number of hydrogen-bond acceptors (Lipinski definition) is 5. The van der Waals surface area contributed by atoms with Crippen LogP contribution in [0.3, 0.4) is 0 Å². The number of ketones is 2. The highest BCUT2D eigenvalue weighted by Crippen LogP contribution is 2.25. The van der Waals surface area contributed by atoms with Gasteiger partial charge in [-0.2, -0.15) is 0 Å². The number of aromatic hydroxyl groups is 2. The summed E-state index contributed by atoms with van der Waals surface area (Å²) in [5, 5.41) is 19.0. The molecular formula is C20H17ClO5. The third-order valence-corrected chi connectivity index (χ3v) is 3.77. The van der Waals surface area contributed by atoms with Gasteiger partial charge in [0.2, 0.25) is 0 Å². The molecule has 0 saturated heterocycles. The zero-order valence-corrected chi connectivity index (χ0v) is 14.7. The molecule has 2 aromatic rings. The van der Waals surface area contributed by atoms with Crippen molar-refractivity contribution in [3.05, 3.63) is 64.7 Å².